The number of nitriles is 1. The van der Waals surface area contributed by atoms with Crippen LogP contribution in [0.1, 0.15) is 32.3 Å². The van der Waals surface area contributed by atoms with Gasteiger partial charge in [-0.05, 0) is 31.0 Å². The van der Waals surface area contributed by atoms with Crippen molar-refractivity contribution in [1.82, 2.24) is 0 Å². The Morgan fingerprint density at radius 2 is 2.07 bits per heavy atom. The lowest BCUT2D eigenvalue weighted by atomic mass is 10.1. The van der Waals surface area contributed by atoms with Crippen molar-refractivity contribution in [2.24, 2.45) is 0 Å². The molecule has 0 amide bonds. The average Bonchev–Trinajstić information content (AvgIpc) is 2.27. The molecule has 0 fully saturated rings. The number of nitrogens with one attached hydrogen (secondary N) is 1. The minimum Gasteiger partial charge on any atom is -0.380 e. The van der Waals surface area contributed by atoms with E-state index in [9.17, 15) is 4.39 Å². The van der Waals surface area contributed by atoms with E-state index in [0.717, 1.165) is 12.8 Å². The van der Waals surface area contributed by atoms with Crippen LogP contribution in [0.15, 0.2) is 18.2 Å². The van der Waals surface area contributed by atoms with Crippen molar-refractivity contribution in [2.75, 3.05) is 5.32 Å². The first-order valence-electron chi connectivity index (χ1n) is 5.17. The van der Waals surface area contributed by atoms with Gasteiger partial charge < -0.3 is 5.32 Å². The second-order valence-electron chi connectivity index (χ2n) is 3.46. The second-order valence-corrected chi connectivity index (χ2v) is 3.46. The number of rotatable bonds is 4. The molecule has 0 radical (unpaired) electrons. The molecule has 0 unspecified atom stereocenters. The normalized spacial score (nSPS) is 10.1. The van der Waals surface area contributed by atoms with Gasteiger partial charge in [-0.3, -0.25) is 0 Å². The molecule has 0 heterocycles. The largest absolute Gasteiger partial charge is 0.380 e. The van der Waals surface area contributed by atoms with E-state index in [-0.39, 0.29) is 11.9 Å². The molecule has 0 saturated carbocycles. The quantitative estimate of drug-likeness (QED) is 0.820. The van der Waals surface area contributed by atoms with Crippen LogP contribution in [0.4, 0.5) is 10.1 Å². The molecule has 15 heavy (non-hydrogen) atoms. The summed E-state index contributed by atoms with van der Waals surface area (Å²) in [5.74, 6) is -0.360. The van der Waals surface area contributed by atoms with Crippen LogP contribution in [0.5, 0.6) is 0 Å². The molecule has 1 N–H and O–H groups in total. The number of nitrogens with zero attached hydrogens (tertiary/aromatic N) is 1. The van der Waals surface area contributed by atoms with Crippen molar-refractivity contribution in [2.45, 2.75) is 32.7 Å². The van der Waals surface area contributed by atoms with Gasteiger partial charge in [0.1, 0.15) is 5.82 Å². The standard InChI is InChI=1S/C12H15FN2/c1-3-10(4-2)15-12-6-5-9(8-14)7-11(12)13/h5-7,10,15H,3-4H2,1-2H3. The minimum atomic E-state index is -0.360. The molecule has 0 aliphatic rings. The SMILES string of the molecule is CCC(CC)Nc1ccc(C#N)cc1F. The zero-order chi connectivity index (χ0) is 11.3. The Bertz CT molecular complexity index is 364. The predicted octanol–water partition coefficient (Wildman–Crippen LogP) is 3.30. The molecular weight excluding hydrogens is 191 g/mol. The summed E-state index contributed by atoms with van der Waals surface area (Å²) in [5, 5.41) is 11.7. The summed E-state index contributed by atoms with van der Waals surface area (Å²) < 4.78 is 13.5. The maximum Gasteiger partial charge on any atom is 0.147 e. The van der Waals surface area contributed by atoms with Crippen LogP contribution < -0.4 is 5.32 Å². The van der Waals surface area contributed by atoms with E-state index in [1.165, 1.54) is 6.07 Å². The average molecular weight is 206 g/mol. The Morgan fingerprint density at radius 3 is 2.53 bits per heavy atom. The first-order valence-corrected chi connectivity index (χ1v) is 5.17. The van der Waals surface area contributed by atoms with Crippen LogP contribution >= 0.6 is 0 Å². The molecule has 1 aromatic rings. The van der Waals surface area contributed by atoms with Gasteiger partial charge in [-0.15, -0.1) is 0 Å². The topological polar surface area (TPSA) is 35.8 Å². The number of anilines is 1. The lowest BCUT2D eigenvalue weighted by Crippen LogP contribution is -2.17. The molecule has 0 aliphatic heterocycles. The van der Waals surface area contributed by atoms with E-state index in [1.807, 2.05) is 6.07 Å². The fourth-order valence-corrected chi connectivity index (χ4v) is 1.41. The van der Waals surface area contributed by atoms with Gasteiger partial charge in [0, 0.05) is 6.04 Å². The van der Waals surface area contributed by atoms with Crippen LogP contribution in [-0.4, -0.2) is 6.04 Å². The van der Waals surface area contributed by atoms with Gasteiger partial charge in [0.2, 0.25) is 0 Å². The highest BCUT2D eigenvalue weighted by molar-refractivity contribution is 5.49. The van der Waals surface area contributed by atoms with Gasteiger partial charge in [0.15, 0.2) is 0 Å². The molecule has 1 aromatic carbocycles. The van der Waals surface area contributed by atoms with Crippen molar-refractivity contribution in [3.05, 3.63) is 29.6 Å². The van der Waals surface area contributed by atoms with Crippen LogP contribution in [-0.2, 0) is 0 Å². The van der Waals surface area contributed by atoms with Crippen molar-refractivity contribution < 1.29 is 4.39 Å². The summed E-state index contributed by atoms with van der Waals surface area (Å²) >= 11 is 0. The van der Waals surface area contributed by atoms with Crippen LogP contribution in [0.25, 0.3) is 0 Å². The zero-order valence-corrected chi connectivity index (χ0v) is 9.05. The first-order chi connectivity index (χ1) is 7.21. The fraction of sp³-hybridized carbons (Fsp3) is 0.417. The third-order valence-electron chi connectivity index (χ3n) is 2.44. The zero-order valence-electron chi connectivity index (χ0n) is 9.05. The Hall–Kier alpha value is -1.56. The smallest absolute Gasteiger partial charge is 0.147 e. The lowest BCUT2D eigenvalue weighted by Gasteiger charge is -2.16. The Morgan fingerprint density at radius 1 is 1.40 bits per heavy atom. The molecule has 0 atom stereocenters. The number of hydrogen-bond donors (Lipinski definition) is 1. The molecule has 0 bridgehead atoms. The molecule has 80 valence electrons. The maximum atomic E-state index is 13.5. The van der Waals surface area contributed by atoms with E-state index >= 15 is 0 Å². The fourth-order valence-electron chi connectivity index (χ4n) is 1.41. The number of hydrogen-bond acceptors (Lipinski definition) is 2. The van der Waals surface area contributed by atoms with E-state index in [0.29, 0.717) is 11.3 Å². The third kappa shape index (κ3) is 2.95. The third-order valence-corrected chi connectivity index (χ3v) is 2.44. The summed E-state index contributed by atoms with van der Waals surface area (Å²) in [6.07, 6.45) is 1.91. The molecule has 0 saturated heterocycles. The Labute approximate surface area is 89.7 Å². The highest BCUT2D eigenvalue weighted by Gasteiger charge is 2.07. The monoisotopic (exact) mass is 206 g/mol. The summed E-state index contributed by atoms with van der Waals surface area (Å²) in [6.45, 7) is 4.12. The van der Waals surface area contributed by atoms with E-state index in [2.05, 4.69) is 19.2 Å². The van der Waals surface area contributed by atoms with E-state index in [4.69, 9.17) is 5.26 Å². The molecular formula is C12H15FN2. The number of halogens is 1. The van der Waals surface area contributed by atoms with Crippen molar-refractivity contribution in [3.63, 3.8) is 0 Å². The van der Waals surface area contributed by atoms with E-state index in [1.54, 1.807) is 12.1 Å². The first kappa shape index (κ1) is 11.5. The lowest BCUT2D eigenvalue weighted by molar-refractivity contribution is 0.615. The van der Waals surface area contributed by atoms with Gasteiger partial charge in [0.05, 0.1) is 17.3 Å². The van der Waals surface area contributed by atoms with Gasteiger partial charge in [-0.2, -0.15) is 5.26 Å². The molecule has 1 rings (SSSR count). The molecule has 3 heteroatoms. The van der Waals surface area contributed by atoms with Crippen molar-refractivity contribution >= 4 is 5.69 Å². The summed E-state index contributed by atoms with van der Waals surface area (Å²) in [4.78, 5) is 0. The molecule has 0 aromatic heterocycles. The Kier molecular flexibility index (Phi) is 4.11. The molecule has 2 nitrogen and oxygen atoms in total. The van der Waals surface area contributed by atoms with Crippen LogP contribution in [0, 0.1) is 17.1 Å². The van der Waals surface area contributed by atoms with Gasteiger partial charge in [0.25, 0.3) is 0 Å². The maximum absolute atomic E-state index is 13.5. The van der Waals surface area contributed by atoms with Gasteiger partial charge in [-0.25, -0.2) is 4.39 Å². The molecule has 0 aliphatic carbocycles. The van der Waals surface area contributed by atoms with Crippen LogP contribution in [0.2, 0.25) is 0 Å². The summed E-state index contributed by atoms with van der Waals surface area (Å²) in [7, 11) is 0. The Balaban J connectivity index is 2.83. The summed E-state index contributed by atoms with van der Waals surface area (Å²) in [5.41, 5.74) is 0.824. The van der Waals surface area contributed by atoms with E-state index < -0.39 is 0 Å². The number of benzene rings is 1. The predicted molar refractivity (Wildman–Crippen MR) is 59.1 cm³/mol. The summed E-state index contributed by atoms with van der Waals surface area (Å²) in [6, 6.07) is 6.68. The van der Waals surface area contributed by atoms with Crippen molar-refractivity contribution in [3.8, 4) is 6.07 Å². The highest BCUT2D eigenvalue weighted by atomic mass is 19.1. The minimum absolute atomic E-state index is 0.285. The van der Waals surface area contributed by atoms with Crippen LogP contribution in [0.3, 0.4) is 0 Å². The highest BCUT2D eigenvalue weighted by Crippen LogP contribution is 2.17. The van der Waals surface area contributed by atoms with Crippen molar-refractivity contribution in [1.29, 1.82) is 5.26 Å². The van der Waals surface area contributed by atoms with Gasteiger partial charge in [-0.1, -0.05) is 13.8 Å². The second kappa shape index (κ2) is 5.35. The van der Waals surface area contributed by atoms with Gasteiger partial charge >= 0.3 is 0 Å². The molecule has 0 spiro atoms.